The van der Waals surface area contributed by atoms with Crippen molar-refractivity contribution in [2.75, 3.05) is 13.1 Å². The fourth-order valence-electron chi connectivity index (χ4n) is 2.42. The fourth-order valence-corrected chi connectivity index (χ4v) is 3.53. The van der Waals surface area contributed by atoms with E-state index < -0.39 is 10.0 Å². The average Bonchev–Trinajstić information content (AvgIpc) is 3.10. The van der Waals surface area contributed by atoms with Gasteiger partial charge in [0.25, 0.3) is 0 Å². The Morgan fingerprint density at radius 1 is 1.15 bits per heavy atom. The summed E-state index contributed by atoms with van der Waals surface area (Å²) >= 11 is 0. The van der Waals surface area contributed by atoms with Gasteiger partial charge in [0.1, 0.15) is 0 Å². The van der Waals surface area contributed by atoms with E-state index in [1.807, 2.05) is 24.6 Å². The van der Waals surface area contributed by atoms with Gasteiger partial charge in [0.15, 0.2) is 0 Å². The van der Waals surface area contributed by atoms with Gasteiger partial charge < -0.3 is 9.88 Å². The van der Waals surface area contributed by atoms with Gasteiger partial charge >= 0.3 is 0 Å². The molecule has 1 heterocycles. The van der Waals surface area contributed by atoms with E-state index in [9.17, 15) is 13.2 Å². The molecule has 2 aromatic rings. The first-order valence-corrected chi connectivity index (χ1v) is 10.2. The van der Waals surface area contributed by atoms with E-state index in [1.165, 1.54) is 0 Å². The number of carbonyl (C=O) groups excluding carboxylic acids is 1. The zero-order chi connectivity index (χ0) is 19.0. The van der Waals surface area contributed by atoms with E-state index in [4.69, 9.17) is 0 Å². The summed E-state index contributed by atoms with van der Waals surface area (Å²) in [6, 6.07) is 4.99. The van der Waals surface area contributed by atoms with Crippen molar-refractivity contribution in [2.24, 2.45) is 0 Å². The first kappa shape index (κ1) is 20.1. The molecule has 142 valence electrons. The first-order valence-electron chi connectivity index (χ1n) is 8.68. The van der Waals surface area contributed by atoms with Crippen LogP contribution in [0.2, 0.25) is 0 Å². The summed E-state index contributed by atoms with van der Waals surface area (Å²) in [5.41, 5.74) is 1.96. The van der Waals surface area contributed by atoms with Crippen LogP contribution in [0.25, 0.3) is 0 Å². The van der Waals surface area contributed by atoms with Crippen LogP contribution in [-0.4, -0.2) is 37.0 Å². The van der Waals surface area contributed by atoms with Crippen LogP contribution in [0, 0.1) is 13.8 Å². The Kier molecular flexibility index (Phi) is 7.35. The fraction of sp³-hybridized carbons (Fsp3) is 0.444. The number of hydrogen-bond donors (Lipinski definition) is 2. The summed E-state index contributed by atoms with van der Waals surface area (Å²) < 4.78 is 28.9. The molecule has 26 heavy (non-hydrogen) atoms. The van der Waals surface area contributed by atoms with Gasteiger partial charge in [-0.15, -0.1) is 0 Å². The molecule has 0 spiro atoms. The maximum absolute atomic E-state index is 12.2. The largest absolute Gasteiger partial charge is 0.356 e. The number of sulfonamides is 1. The Hall–Kier alpha value is -2.19. The standard InChI is InChI=1S/C18H26N4O3S/c1-15-5-6-17(13-16(15)2)26(24,25)21-9-7-18(23)20-8-3-4-11-22-12-10-19-14-22/h5-6,10,12-14,21H,3-4,7-9,11H2,1-2H3,(H,20,23). The van der Waals surface area contributed by atoms with Crippen molar-refractivity contribution in [1.29, 1.82) is 0 Å². The molecule has 2 N–H and O–H groups in total. The molecule has 8 heteroatoms. The second-order valence-corrected chi connectivity index (χ2v) is 8.02. The number of unbranched alkanes of at least 4 members (excludes halogenated alkanes) is 1. The lowest BCUT2D eigenvalue weighted by molar-refractivity contribution is -0.120. The van der Waals surface area contributed by atoms with Crippen LogP contribution in [0.5, 0.6) is 0 Å². The molecule has 1 amide bonds. The van der Waals surface area contributed by atoms with Crippen molar-refractivity contribution < 1.29 is 13.2 Å². The molecular formula is C18H26N4O3S. The van der Waals surface area contributed by atoms with Crippen LogP contribution < -0.4 is 10.0 Å². The van der Waals surface area contributed by atoms with Gasteiger partial charge in [0.2, 0.25) is 15.9 Å². The molecule has 0 fully saturated rings. The number of nitrogens with one attached hydrogen (secondary N) is 2. The maximum Gasteiger partial charge on any atom is 0.240 e. The number of imidazole rings is 1. The summed E-state index contributed by atoms with van der Waals surface area (Å²) in [7, 11) is -3.59. The second-order valence-electron chi connectivity index (χ2n) is 6.25. The second kappa shape index (κ2) is 9.49. The number of hydrogen-bond acceptors (Lipinski definition) is 4. The average molecular weight is 378 g/mol. The van der Waals surface area contributed by atoms with E-state index in [-0.39, 0.29) is 23.8 Å². The highest BCUT2D eigenvalue weighted by Gasteiger charge is 2.14. The van der Waals surface area contributed by atoms with Gasteiger partial charge in [-0.1, -0.05) is 6.07 Å². The number of benzene rings is 1. The molecule has 7 nitrogen and oxygen atoms in total. The third-order valence-corrected chi connectivity index (χ3v) is 5.62. The number of aromatic nitrogens is 2. The molecule has 0 saturated carbocycles. The number of nitrogens with zero attached hydrogens (tertiary/aromatic N) is 2. The van der Waals surface area contributed by atoms with Crippen molar-refractivity contribution in [2.45, 2.75) is 44.6 Å². The predicted molar refractivity (Wildman–Crippen MR) is 100 cm³/mol. The molecule has 1 aromatic carbocycles. The third kappa shape index (κ3) is 6.27. The molecule has 0 radical (unpaired) electrons. The van der Waals surface area contributed by atoms with Crippen molar-refractivity contribution in [3.05, 3.63) is 48.0 Å². The summed E-state index contributed by atoms with van der Waals surface area (Å²) in [5.74, 6) is -0.157. The highest BCUT2D eigenvalue weighted by atomic mass is 32.2. The molecule has 2 rings (SSSR count). The normalized spacial score (nSPS) is 11.5. The lowest BCUT2D eigenvalue weighted by atomic mass is 10.1. The van der Waals surface area contributed by atoms with Gasteiger partial charge in [0, 0.05) is 38.4 Å². The van der Waals surface area contributed by atoms with Crippen LogP contribution >= 0.6 is 0 Å². The Balaban J connectivity index is 1.64. The lowest BCUT2D eigenvalue weighted by Gasteiger charge is -2.09. The van der Waals surface area contributed by atoms with Gasteiger partial charge in [-0.3, -0.25) is 4.79 Å². The van der Waals surface area contributed by atoms with Gasteiger partial charge in [-0.2, -0.15) is 0 Å². The molecule has 0 aliphatic rings. The van der Waals surface area contributed by atoms with Crippen LogP contribution in [-0.2, 0) is 21.4 Å². The van der Waals surface area contributed by atoms with Crippen LogP contribution in [0.3, 0.4) is 0 Å². The summed E-state index contributed by atoms with van der Waals surface area (Å²) in [5, 5.41) is 2.81. The quantitative estimate of drug-likeness (QED) is 0.616. The first-order chi connectivity index (χ1) is 12.4. The summed E-state index contributed by atoms with van der Waals surface area (Å²) in [4.78, 5) is 16.0. The van der Waals surface area contributed by atoms with Crippen LogP contribution in [0.1, 0.15) is 30.4 Å². The molecule has 1 aromatic heterocycles. The number of carbonyl (C=O) groups is 1. The van der Waals surface area contributed by atoms with Crippen molar-refractivity contribution in [3.8, 4) is 0 Å². The van der Waals surface area contributed by atoms with Crippen molar-refractivity contribution in [3.63, 3.8) is 0 Å². The van der Waals surface area contributed by atoms with E-state index in [0.29, 0.717) is 6.54 Å². The van der Waals surface area contributed by atoms with Crippen LogP contribution in [0.15, 0.2) is 41.8 Å². The van der Waals surface area contributed by atoms with Gasteiger partial charge in [0.05, 0.1) is 11.2 Å². The van der Waals surface area contributed by atoms with E-state index in [2.05, 4.69) is 15.0 Å². The Bertz CT molecular complexity index is 817. The van der Waals surface area contributed by atoms with Gasteiger partial charge in [-0.25, -0.2) is 18.1 Å². The topological polar surface area (TPSA) is 93.1 Å². The summed E-state index contributed by atoms with van der Waals surface area (Å²) in [6.45, 7) is 5.33. The minimum Gasteiger partial charge on any atom is -0.356 e. The highest BCUT2D eigenvalue weighted by molar-refractivity contribution is 7.89. The van der Waals surface area contributed by atoms with Crippen LogP contribution in [0.4, 0.5) is 0 Å². The lowest BCUT2D eigenvalue weighted by Crippen LogP contribution is -2.31. The maximum atomic E-state index is 12.2. The molecule has 0 aliphatic carbocycles. The zero-order valence-corrected chi connectivity index (χ0v) is 16.1. The molecule has 0 saturated heterocycles. The third-order valence-electron chi connectivity index (χ3n) is 4.16. The smallest absolute Gasteiger partial charge is 0.240 e. The SMILES string of the molecule is Cc1ccc(S(=O)(=O)NCCC(=O)NCCCCn2ccnc2)cc1C. The van der Waals surface area contributed by atoms with Crippen molar-refractivity contribution in [1.82, 2.24) is 19.6 Å². The molecule has 0 atom stereocenters. The van der Waals surface area contributed by atoms with Crippen molar-refractivity contribution >= 4 is 15.9 Å². The number of amides is 1. The minimum atomic E-state index is -3.59. The Morgan fingerprint density at radius 2 is 1.96 bits per heavy atom. The van der Waals surface area contributed by atoms with E-state index in [0.717, 1.165) is 30.5 Å². The molecular weight excluding hydrogens is 352 g/mol. The highest BCUT2D eigenvalue weighted by Crippen LogP contribution is 2.14. The van der Waals surface area contributed by atoms with E-state index >= 15 is 0 Å². The number of rotatable bonds is 10. The summed E-state index contributed by atoms with van der Waals surface area (Å²) in [6.07, 6.45) is 7.32. The van der Waals surface area contributed by atoms with Gasteiger partial charge in [-0.05, 0) is 49.9 Å². The zero-order valence-electron chi connectivity index (χ0n) is 15.2. The Morgan fingerprint density at radius 3 is 2.65 bits per heavy atom. The molecule has 0 bridgehead atoms. The molecule has 0 unspecified atom stereocenters. The monoisotopic (exact) mass is 378 g/mol. The minimum absolute atomic E-state index is 0.0795. The van der Waals surface area contributed by atoms with E-state index in [1.54, 1.807) is 30.7 Å². The predicted octanol–water partition coefficient (Wildman–Crippen LogP) is 1.76. The number of aryl methyl sites for hydroxylation is 3. The molecule has 0 aliphatic heterocycles. The Labute approximate surface area is 154 Å².